The first-order valence-electron chi connectivity index (χ1n) is 8.59. The van der Waals surface area contributed by atoms with E-state index in [2.05, 4.69) is 5.32 Å². The number of nitrogens with one attached hydrogen (secondary N) is 1. The van der Waals surface area contributed by atoms with Gasteiger partial charge < -0.3 is 10.1 Å². The lowest BCUT2D eigenvalue weighted by molar-refractivity contribution is -0.148. The fraction of sp³-hybridized carbons (Fsp3) is 0.556. The first kappa shape index (κ1) is 22.0. The van der Waals surface area contributed by atoms with Crippen LogP contribution in [0.25, 0.3) is 0 Å². The molecule has 2 rings (SSSR count). The Balaban J connectivity index is 2.20. The van der Waals surface area contributed by atoms with Gasteiger partial charge in [-0.3, -0.25) is 9.59 Å². The minimum Gasteiger partial charge on any atom is -0.469 e. The molecule has 2 unspecified atom stereocenters. The highest BCUT2D eigenvalue weighted by Gasteiger charge is 2.38. The molecule has 0 spiro atoms. The summed E-state index contributed by atoms with van der Waals surface area (Å²) in [6.07, 6.45) is -7.32. The maximum Gasteiger partial charge on any atom is 0.416 e. The van der Waals surface area contributed by atoms with Crippen LogP contribution in [0.4, 0.5) is 26.3 Å². The number of carbonyl (C=O) groups excluding carboxylic acids is 2. The van der Waals surface area contributed by atoms with Crippen LogP contribution in [-0.2, 0) is 21.9 Å². The van der Waals surface area contributed by atoms with E-state index in [0.717, 1.165) is 12.8 Å². The molecular formula is C18H19F6NO3. The van der Waals surface area contributed by atoms with E-state index in [0.29, 0.717) is 25.0 Å². The van der Waals surface area contributed by atoms with Crippen LogP contribution in [0, 0.1) is 11.8 Å². The monoisotopic (exact) mass is 411 g/mol. The number of ether oxygens (including phenoxy) is 1. The number of carbonyl (C=O) groups is 2. The summed E-state index contributed by atoms with van der Waals surface area (Å²) in [5.74, 6) is -2.27. The van der Waals surface area contributed by atoms with E-state index >= 15 is 0 Å². The third-order valence-electron chi connectivity index (χ3n) is 4.79. The van der Waals surface area contributed by atoms with Gasteiger partial charge in [0.05, 0.1) is 24.2 Å². The van der Waals surface area contributed by atoms with Crippen LogP contribution in [0.15, 0.2) is 18.2 Å². The van der Waals surface area contributed by atoms with E-state index in [-0.39, 0.29) is 18.5 Å². The lowest BCUT2D eigenvalue weighted by Crippen LogP contribution is -2.37. The minimum atomic E-state index is -5.03. The second kappa shape index (κ2) is 8.40. The number of alkyl halides is 6. The Kier molecular flexibility index (Phi) is 6.61. The number of amides is 1. The largest absolute Gasteiger partial charge is 0.469 e. The standard InChI is InChI=1S/C18H19F6NO3/c1-28-16(27)14-5-3-2-4-10(14)9-25-15(26)11-6-12(17(19,20)21)8-13(7-11)18(22,23)24/h6-8,10,14H,2-5,9H2,1H3,(H,25,26). The van der Waals surface area contributed by atoms with Crippen molar-refractivity contribution in [2.45, 2.75) is 38.0 Å². The molecule has 0 aromatic heterocycles. The van der Waals surface area contributed by atoms with Gasteiger partial charge in [-0.25, -0.2) is 0 Å². The Morgan fingerprint density at radius 2 is 1.54 bits per heavy atom. The quantitative estimate of drug-likeness (QED) is 0.589. The van der Waals surface area contributed by atoms with E-state index < -0.39 is 46.8 Å². The first-order chi connectivity index (χ1) is 12.9. The van der Waals surface area contributed by atoms with E-state index in [9.17, 15) is 35.9 Å². The highest BCUT2D eigenvalue weighted by atomic mass is 19.4. The summed E-state index contributed by atoms with van der Waals surface area (Å²) in [7, 11) is 1.23. The number of hydrogen-bond donors (Lipinski definition) is 1. The van der Waals surface area contributed by atoms with E-state index in [1.807, 2.05) is 0 Å². The number of methoxy groups -OCH3 is 1. The van der Waals surface area contributed by atoms with Gasteiger partial charge in [0.25, 0.3) is 5.91 Å². The van der Waals surface area contributed by atoms with Crippen molar-refractivity contribution in [2.24, 2.45) is 11.8 Å². The van der Waals surface area contributed by atoms with Crippen molar-refractivity contribution in [3.63, 3.8) is 0 Å². The van der Waals surface area contributed by atoms with Gasteiger partial charge >= 0.3 is 18.3 Å². The normalized spacial score (nSPS) is 20.5. The van der Waals surface area contributed by atoms with Crippen molar-refractivity contribution >= 4 is 11.9 Å². The Hall–Kier alpha value is -2.26. The van der Waals surface area contributed by atoms with Crippen LogP contribution in [0.3, 0.4) is 0 Å². The molecule has 1 amide bonds. The third-order valence-corrected chi connectivity index (χ3v) is 4.79. The predicted octanol–water partition coefficient (Wildman–Crippen LogP) is 4.43. The fourth-order valence-electron chi connectivity index (χ4n) is 3.33. The zero-order valence-corrected chi connectivity index (χ0v) is 14.9. The smallest absolute Gasteiger partial charge is 0.416 e. The van der Waals surface area contributed by atoms with Crippen LogP contribution in [0.2, 0.25) is 0 Å². The van der Waals surface area contributed by atoms with Gasteiger partial charge in [0.2, 0.25) is 0 Å². The number of hydrogen-bond acceptors (Lipinski definition) is 3. The minimum absolute atomic E-state index is 0.0365. The Morgan fingerprint density at radius 1 is 1.00 bits per heavy atom. The second-order valence-electron chi connectivity index (χ2n) is 6.68. The molecule has 0 saturated heterocycles. The average molecular weight is 411 g/mol. The molecule has 0 radical (unpaired) electrons. The molecule has 2 atom stereocenters. The average Bonchev–Trinajstić information content (AvgIpc) is 2.63. The molecular weight excluding hydrogens is 392 g/mol. The van der Waals surface area contributed by atoms with Crippen molar-refractivity contribution in [1.82, 2.24) is 5.32 Å². The van der Waals surface area contributed by atoms with Crippen molar-refractivity contribution in [1.29, 1.82) is 0 Å². The zero-order valence-electron chi connectivity index (χ0n) is 14.9. The molecule has 0 aliphatic heterocycles. The number of rotatable bonds is 4. The molecule has 1 aromatic rings. The van der Waals surface area contributed by atoms with E-state index in [1.165, 1.54) is 7.11 Å². The summed E-state index contributed by atoms with van der Waals surface area (Å²) in [5.41, 5.74) is -3.86. The predicted molar refractivity (Wildman–Crippen MR) is 86.2 cm³/mol. The molecule has 0 heterocycles. The maximum atomic E-state index is 12.9. The molecule has 1 aromatic carbocycles. The van der Waals surface area contributed by atoms with Gasteiger partial charge in [0, 0.05) is 12.1 Å². The van der Waals surface area contributed by atoms with Crippen LogP contribution in [-0.4, -0.2) is 25.5 Å². The van der Waals surface area contributed by atoms with Crippen molar-refractivity contribution in [3.05, 3.63) is 34.9 Å². The van der Waals surface area contributed by atoms with E-state index in [4.69, 9.17) is 4.74 Å². The van der Waals surface area contributed by atoms with Crippen molar-refractivity contribution in [3.8, 4) is 0 Å². The number of benzene rings is 1. The lowest BCUT2D eigenvalue weighted by atomic mass is 9.79. The summed E-state index contributed by atoms with van der Waals surface area (Å²) in [6, 6.07) is 0.720. The van der Waals surface area contributed by atoms with Crippen LogP contribution in [0.1, 0.15) is 47.2 Å². The number of esters is 1. The molecule has 1 N–H and O–H groups in total. The fourth-order valence-corrected chi connectivity index (χ4v) is 3.33. The summed E-state index contributed by atoms with van der Waals surface area (Å²) >= 11 is 0. The molecule has 0 bridgehead atoms. The Morgan fingerprint density at radius 3 is 2.04 bits per heavy atom. The summed E-state index contributed by atoms with van der Waals surface area (Å²) in [5, 5.41) is 2.35. The maximum absolute atomic E-state index is 12.9. The van der Waals surface area contributed by atoms with Crippen LogP contribution < -0.4 is 5.32 Å². The third kappa shape index (κ3) is 5.39. The van der Waals surface area contributed by atoms with Gasteiger partial charge in [0.1, 0.15) is 0 Å². The highest BCUT2D eigenvalue weighted by molar-refractivity contribution is 5.94. The SMILES string of the molecule is COC(=O)C1CCCCC1CNC(=O)c1cc(C(F)(F)F)cc(C(F)(F)F)c1. The summed E-state index contributed by atoms with van der Waals surface area (Å²) in [4.78, 5) is 24.0. The van der Waals surface area contributed by atoms with Crippen molar-refractivity contribution < 1.29 is 40.7 Å². The first-order valence-corrected chi connectivity index (χ1v) is 8.59. The molecule has 1 saturated carbocycles. The molecule has 1 aliphatic rings. The van der Waals surface area contributed by atoms with Gasteiger partial charge in [-0.1, -0.05) is 12.8 Å². The van der Waals surface area contributed by atoms with Crippen LogP contribution in [0.5, 0.6) is 0 Å². The Bertz CT molecular complexity index is 697. The van der Waals surface area contributed by atoms with Crippen molar-refractivity contribution in [2.75, 3.05) is 13.7 Å². The van der Waals surface area contributed by atoms with Gasteiger partial charge in [-0.15, -0.1) is 0 Å². The van der Waals surface area contributed by atoms with Gasteiger partial charge in [-0.05, 0) is 37.0 Å². The second-order valence-corrected chi connectivity index (χ2v) is 6.68. The van der Waals surface area contributed by atoms with Crippen LogP contribution >= 0.6 is 0 Å². The molecule has 1 fully saturated rings. The highest BCUT2D eigenvalue weighted by Crippen LogP contribution is 2.36. The lowest BCUT2D eigenvalue weighted by Gasteiger charge is -2.29. The Labute approximate surface area is 157 Å². The zero-order chi connectivity index (χ0) is 21.1. The van der Waals surface area contributed by atoms with E-state index in [1.54, 1.807) is 0 Å². The molecule has 4 nitrogen and oxygen atoms in total. The van der Waals surface area contributed by atoms with Gasteiger partial charge in [0.15, 0.2) is 0 Å². The summed E-state index contributed by atoms with van der Waals surface area (Å²) < 4.78 is 82.1. The molecule has 10 heteroatoms. The molecule has 1 aliphatic carbocycles. The number of halogens is 6. The molecule has 156 valence electrons. The van der Waals surface area contributed by atoms with Gasteiger partial charge in [-0.2, -0.15) is 26.3 Å². The summed E-state index contributed by atoms with van der Waals surface area (Å²) in [6.45, 7) is -0.0454. The topological polar surface area (TPSA) is 55.4 Å². The molecule has 28 heavy (non-hydrogen) atoms.